The molecule has 204 valence electrons. The highest BCUT2D eigenvalue weighted by molar-refractivity contribution is 5.75. The number of rotatable bonds is 24. The van der Waals surface area contributed by atoms with E-state index in [1.54, 1.807) is 5.96 Å². The molecule has 0 atom stereocenters. The molecule has 3 heteroatoms. The lowest BCUT2D eigenvalue weighted by atomic mass is 10.2. The van der Waals surface area contributed by atoms with E-state index in [1.165, 1.54) is 155 Å². The van der Waals surface area contributed by atoms with Crippen molar-refractivity contribution in [3.8, 4) is 0 Å². The average molecular weight is 481 g/mol. The fraction of sp³-hybridized carbons (Fsp3) is 0.968. The fourth-order valence-corrected chi connectivity index (χ4v) is 4.85. The van der Waals surface area contributed by atoms with E-state index >= 15 is 0 Å². The highest BCUT2D eigenvalue weighted by atomic mass is 15.4. The van der Waals surface area contributed by atoms with E-state index in [0.29, 0.717) is 0 Å². The molecule has 0 rings (SSSR count). The van der Waals surface area contributed by atoms with Crippen LogP contribution >= 0.6 is 0 Å². The molecule has 34 heavy (non-hydrogen) atoms. The second kappa shape index (κ2) is 25.4. The van der Waals surface area contributed by atoms with Crippen LogP contribution in [0.1, 0.15) is 157 Å². The number of unbranched alkanes of at least 4 members (excludes halogenated alkanes) is 12. The molecular formula is C31H66N3+. The quantitative estimate of drug-likeness (QED) is 0.0589. The van der Waals surface area contributed by atoms with Gasteiger partial charge >= 0.3 is 5.96 Å². The Hall–Kier alpha value is -0.730. The van der Waals surface area contributed by atoms with Crippen molar-refractivity contribution in [1.29, 1.82) is 0 Å². The van der Waals surface area contributed by atoms with Crippen molar-refractivity contribution < 1.29 is 4.58 Å². The van der Waals surface area contributed by atoms with Crippen molar-refractivity contribution >= 4 is 5.96 Å². The second-order valence-corrected chi connectivity index (χ2v) is 10.5. The van der Waals surface area contributed by atoms with Crippen molar-refractivity contribution in [1.82, 2.24) is 9.80 Å². The van der Waals surface area contributed by atoms with Crippen LogP contribution in [0.5, 0.6) is 0 Å². The van der Waals surface area contributed by atoms with Crippen LogP contribution in [0.4, 0.5) is 0 Å². The van der Waals surface area contributed by atoms with Crippen LogP contribution < -0.4 is 0 Å². The Morgan fingerprint density at radius 2 is 0.647 bits per heavy atom. The maximum Gasteiger partial charge on any atom is 0.350 e. The molecule has 0 aromatic rings. The largest absolute Gasteiger partial charge is 0.350 e. The van der Waals surface area contributed by atoms with Crippen LogP contribution in [0.2, 0.25) is 0 Å². The van der Waals surface area contributed by atoms with Gasteiger partial charge in [-0.05, 0) is 38.5 Å². The molecular weight excluding hydrogens is 414 g/mol. The van der Waals surface area contributed by atoms with Gasteiger partial charge in [-0.3, -0.25) is 14.4 Å². The fourth-order valence-electron chi connectivity index (χ4n) is 4.85. The third-order valence-electron chi connectivity index (χ3n) is 7.04. The zero-order chi connectivity index (χ0) is 25.3. The first-order chi connectivity index (χ1) is 16.7. The maximum absolute atomic E-state index is 2.85. The van der Waals surface area contributed by atoms with Gasteiger partial charge < -0.3 is 0 Å². The molecule has 0 radical (unpaired) electrons. The predicted octanol–water partition coefficient (Wildman–Crippen LogP) is 9.10. The lowest BCUT2D eigenvalue weighted by molar-refractivity contribution is -0.539. The molecule has 0 N–H and O–H groups in total. The molecule has 0 saturated heterocycles. The van der Waals surface area contributed by atoms with Crippen LogP contribution in [0.3, 0.4) is 0 Å². The summed E-state index contributed by atoms with van der Waals surface area (Å²) in [6.45, 7) is 21.5. The van der Waals surface area contributed by atoms with E-state index in [0.717, 1.165) is 0 Å². The van der Waals surface area contributed by atoms with E-state index < -0.39 is 0 Å². The highest BCUT2D eigenvalue weighted by Crippen LogP contribution is 2.13. The Kier molecular flexibility index (Phi) is 24.8. The molecule has 0 fully saturated rings. The van der Waals surface area contributed by atoms with E-state index in [9.17, 15) is 0 Å². The Bertz CT molecular complexity index is 388. The van der Waals surface area contributed by atoms with Crippen LogP contribution in [0, 0.1) is 0 Å². The van der Waals surface area contributed by atoms with E-state index in [1.807, 2.05) is 0 Å². The predicted molar refractivity (Wildman–Crippen MR) is 155 cm³/mol. The molecule has 0 saturated carbocycles. The molecule has 0 aromatic heterocycles. The van der Waals surface area contributed by atoms with E-state index in [-0.39, 0.29) is 0 Å². The molecule has 0 aliphatic carbocycles. The summed E-state index contributed by atoms with van der Waals surface area (Å²) in [4.78, 5) is 5.70. The molecule has 0 aliphatic rings. The Labute approximate surface area is 216 Å². The SMILES string of the molecule is CCCCCN(CCCCC)C(N(CCCCC)CCCCC)=[N+](CCCCC)CCCCC. The minimum absolute atomic E-state index is 1.24. The lowest BCUT2D eigenvalue weighted by Gasteiger charge is -2.31. The zero-order valence-corrected chi connectivity index (χ0v) is 24.8. The van der Waals surface area contributed by atoms with Gasteiger partial charge in [0, 0.05) is 0 Å². The van der Waals surface area contributed by atoms with Crippen LogP contribution in [-0.4, -0.2) is 59.6 Å². The summed E-state index contributed by atoms with van der Waals surface area (Å²) >= 11 is 0. The number of hydrogen-bond acceptors (Lipinski definition) is 0. The normalized spacial score (nSPS) is 11.1. The van der Waals surface area contributed by atoms with Gasteiger partial charge in [0.2, 0.25) is 0 Å². The number of hydrogen-bond donors (Lipinski definition) is 0. The van der Waals surface area contributed by atoms with Gasteiger partial charge in [0.1, 0.15) is 0 Å². The number of guanidine groups is 1. The minimum atomic E-state index is 1.24. The summed E-state index contributed by atoms with van der Waals surface area (Å²) in [5.41, 5.74) is 0. The summed E-state index contributed by atoms with van der Waals surface area (Å²) in [6, 6.07) is 0. The third-order valence-corrected chi connectivity index (χ3v) is 7.04. The Balaban J connectivity index is 6.17. The highest BCUT2D eigenvalue weighted by Gasteiger charge is 2.28. The van der Waals surface area contributed by atoms with Gasteiger partial charge in [-0.1, -0.05) is 119 Å². The summed E-state index contributed by atoms with van der Waals surface area (Å²) in [6.07, 6.45) is 24.0. The topological polar surface area (TPSA) is 9.49 Å². The van der Waals surface area contributed by atoms with Crippen LogP contribution in [0.25, 0.3) is 0 Å². The summed E-state index contributed by atoms with van der Waals surface area (Å²) in [5, 5.41) is 0. The number of nitrogens with zero attached hydrogens (tertiary/aromatic N) is 3. The van der Waals surface area contributed by atoms with Crippen molar-refractivity contribution in [3.63, 3.8) is 0 Å². The average Bonchev–Trinajstić information content (AvgIpc) is 2.84. The first-order valence-electron chi connectivity index (χ1n) is 15.8. The Morgan fingerprint density at radius 3 is 0.912 bits per heavy atom. The van der Waals surface area contributed by atoms with E-state index in [4.69, 9.17) is 0 Å². The molecule has 0 unspecified atom stereocenters. The molecule has 0 spiro atoms. The molecule has 0 amide bonds. The summed E-state index contributed by atoms with van der Waals surface area (Å²) in [5.74, 6) is 1.62. The monoisotopic (exact) mass is 481 g/mol. The first-order valence-corrected chi connectivity index (χ1v) is 15.8. The Morgan fingerprint density at radius 1 is 0.382 bits per heavy atom. The summed E-state index contributed by atoms with van der Waals surface area (Å²) in [7, 11) is 0. The lowest BCUT2D eigenvalue weighted by Crippen LogP contribution is -2.51. The smallest absolute Gasteiger partial charge is 0.265 e. The van der Waals surface area contributed by atoms with Crippen molar-refractivity contribution in [3.05, 3.63) is 0 Å². The molecule has 0 aromatic carbocycles. The third kappa shape index (κ3) is 16.8. The van der Waals surface area contributed by atoms with Gasteiger partial charge in [-0.15, -0.1) is 0 Å². The van der Waals surface area contributed by atoms with Gasteiger partial charge in [-0.2, -0.15) is 0 Å². The van der Waals surface area contributed by atoms with Crippen molar-refractivity contribution in [2.75, 3.05) is 39.3 Å². The van der Waals surface area contributed by atoms with Gasteiger partial charge in [0.05, 0.1) is 39.3 Å². The van der Waals surface area contributed by atoms with Crippen molar-refractivity contribution in [2.45, 2.75) is 157 Å². The van der Waals surface area contributed by atoms with E-state index in [2.05, 4.69) is 55.9 Å². The maximum atomic E-state index is 2.85. The van der Waals surface area contributed by atoms with Crippen LogP contribution in [0.15, 0.2) is 0 Å². The van der Waals surface area contributed by atoms with Gasteiger partial charge in [0.15, 0.2) is 0 Å². The van der Waals surface area contributed by atoms with Crippen LogP contribution in [-0.2, 0) is 0 Å². The molecule has 0 bridgehead atoms. The second-order valence-electron chi connectivity index (χ2n) is 10.5. The molecule has 0 aliphatic heterocycles. The first kappa shape index (κ1) is 33.3. The molecule has 0 heterocycles. The van der Waals surface area contributed by atoms with Crippen molar-refractivity contribution in [2.24, 2.45) is 0 Å². The minimum Gasteiger partial charge on any atom is -0.265 e. The van der Waals surface area contributed by atoms with Gasteiger partial charge in [-0.25, -0.2) is 0 Å². The van der Waals surface area contributed by atoms with Gasteiger partial charge in [0.25, 0.3) is 0 Å². The molecule has 3 nitrogen and oxygen atoms in total. The summed E-state index contributed by atoms with van der Waals surface area (Å²) < 4.78 is 2.85. The zero-order valence-electron chi connectivity index (χ0n) is 24.8. The standard InChI is InChI=1S/C31H66N3/c1-7-13-19-25-32(26-20-14-8-2)31(33(27-21-15-9-3)28-22-16-10-4)34(29-23-17-11-5)30-24-18-12-6/h7-30H2,1-6H3/q+1.